The van der Waals surface area contributed by atoms with Gasteiger partial charge in [-0.1, -0.05) is 6.92 Å². The molecule has 90 valence electrons. The zero-order valence-electron chi connectivity index (χ0n) is 10.2. The summed E-state index contributed by atoms with van der Waals surface area (Å²) in [5, 5.41) is 4.55. The van der Waals surface area contributed by atoms with Gasteiger partial charge in [0.2, 0.25) is 0 Å². The number of ether oxygens (including phenoxy) is 1. The van der Waals surface area contributed by atoms with Crippen LogP contribution < -0.4 is 5.32 Å². The van der Waals surface area contributed by atoms with Crippen LogP contribution in [-0.2, 0) is 4.74 Å². The first kappa shape index (κ1) is 12.0. The van der Waals surface area contributed by atoms with Crippen LogP contribution in [-0.4, -0.2) is 17.6 Å². The molecule has 3 nitrogen and oxygen atoms in total. The highest BCUT2D eigenvalue weighted by molar-refractivity contribution is 7.11. The Bertz CT molecular complexity index is 340. The van der Waals surface area contributed by atoms with Crippen LogP contribution in [0.3, 0.4) is 0 Å². The number of thiazole rings is 1. The van der Waals surface area contributed by atoms with E-state index in [2.05, 4.69) is 31.1 Å². The predicted octanol–water partition coefficient (Wildman–Crippen LogP) is 3.05. The quantitative estimate of drug-likeness (QED) is 0.878. The summed E-state index contributed by atoms with van der Waals surface area (Å²) in [4.78, 5) is 5.80. The highest BCUT2D eigenvalue weighted by Gasteiger charge is 2.26. The Morgan fingerprint density at radius 2 is 2.44 bits per heavy atom. The van der Waals surface area contributed by atoms with Gasteiger partial charge in [-0.05, 0) is 33.2 Å². The minimum atomic E-state index is 0.238. The number of hydrogen-bond acceptors (Lipinski definition) is 4. The molecule has 16 heavy (non-hydrogen) atoms. The summed E-state index contributed by atoms with van der Waals surface area (Å²) in [6.07, 6.45) is 4.89. The van der Waals surface area contributed by atoms with Crippen molar-refractivity contribution in [3.05, 3.63) is 16.1 Å². The number of nitrogens with one attached hydrogen (secondary N) is 1. The van der Waals surface area contributed by atoms with E-state index in [0.717, 1.165) is 24.4 Å². The number of rotatable bonds is 4. The molecule has 0 aromatic carbocycles. The van der Waals surface area contributed by atoms with Crippen LogP contribution >= 0.6 is 11.3 Å². The zero-order chi connectivity index (χ0) is 11.5. The summed E-state index contributed by atoms with van der Waals surface area (Å²) in [6.45, 7) is 7.43. The van der Waals surface area contributed by atoms with Crippen molar-refractivity contribution in [3.63, 3.8) is 0 Å². The minimum absolute atomic E-state index is 0.238. The largest absolute Gasteiger partial charge is 0.368 e. The third-order valence-electron chi connectivity index (χ3n) is 2.99. The van der Waals surface area contributed by atoms with Crippen LogP contribution in [0.2, 0.25) is 0 Å². The second-order valence-electron chi connectivity index (χ2n) is 4.39. The van der Waals surface area contributed by atoms with Crippen LogP contribution in [0.5, 0.6) is 0 Å². The van der Waals surface area contributed by atoms with Gasteiger partial charge in [-0.2, -0.15) is 0 Å². The molecule has 1 aliphatic heterocycles. The molecule has 1 saturated heterocycles. The Kier molecular flexibility index (Phi) is 3.95. The minimum Gasteiger partial charge on any atom is -0.368 e. The van der Waals surface area contributed by atoms with E-state index in [0.29, 0.717) is 12.1 Å². The third-order valence-corrected chi connectivity index (χ3v) is 4.26. The van der Waals surface area contributed by atoms with E-state index in [9.17, 15) is 0 Å². The standard InChI is InChI=1S/C12H20N2OS/c1-4-13-9(3)11-7-14-12(16-11)10-6-5-8(2)15-10/h7-10,13H,4-6H2,1-3H3. The van der Waals surface area contributed by atoms with Gasteiger partial charge in [0.25, 0.3) is 0 Å². The molecule has 2 heterocycles. The van der Waals surface area contributed by atoms with Gasteiger partial charge in [-0.15, -0.1) is 11.3 Å². The summed E-state index contributed by atoms with van der Waals surface area (Å²) < 4.78 is 5.83. The van der Waals surface area contributed by atoms with E-state index in [-0.39, 0.29) is 6.10 Å². The number of nitrogens with zero attached hydrogens (tertiary/aromatic N) is 1. The molecule has 0 spiro atoms. The van der Waals surface area contributed by atoms with Gasteiger partial charge in [-0.3, -0.25) is 0 Å². The molecule has 1 N–H and O–H groups in total. The van der Waals surface area contributed by atoms with E-state index in [1.165, 1.54) is 4.88 Å². The predicted molar refractivity (Wildman–Crippen MR) is 66.7 cm³/mol. The van der Waals surface area contributed by atoms with Crippen molar-refractivity contribution in [1.82, 2.24) is 10.3 Å². The maximum Gasteiger partial charge on any atom is 0.122 e. The summed E-state index contributed by atoms with van der Waals surface area (Å²) >= 11 is 1.78. The Morgan fingerprint density at radius 3 is 3.06 bits per heavy atom. The maximum atomic E-state index is 5.83. The number of aromatic nitrogens is 1. The van der Waals surface area contributed by atoms with Crippen molar-refractivity contribution in [2.75, 3.05) is 6.54 Å². The van der Waals surface area contributed by atoms with Gasteiger partial charge >= 0.3 is 0 Å². The molecule has 0 saturated carbocycles. The van der Waals surface area contributed by atoms with Crippen LogP contribution in [0.4, 0.5) is 0 Å². The lowest BCUT2D eigenvalue weighted by atomic mass is 10.2. The van der Waals surface area contributed by atoms with E-state index in [1.807, 2.05) is 6.20 Å². The monoisotopic (exact) mass is 240 g/mol. The van der Waals surface area contributed by atoms with Crippen molar-refractivity contribution in [3.8, 4) is 0 Å². The lowest BCUT2D eigenvalue weighted by molar-refractivity contribution is 0.0554. The lowest BCUT2D eigenvalue weighted by Crippen LogP contribution is -2.16. The molecule has 1 fully saturated rings. The van der Waals surface area contributed by atoms with E-state index >= 15 is 0 Å². The molecule has 0 radical (unpaired) electrons. The van der Waals surface area contributed by atoms with Gasteiger partial charge in [0, 0.05) is 17.1 Å². The molecule has 0 bridgehead atoms. The first-order valence-corrected chi connectivity index (χ1v) is 6.86. The summed E-state index contributed by atoms with van der Waals surface area (Å²) in [5.41, 5.74) is 0. The fourth-order valence-electron chi connectivity index (χ4n) is 2.04. The second kappa shape index (κ2) is 5.25. The van der Waals surface area contributed by atoms with Crippen molar-refractivity contribution in [2.24, 2.45) is 0 Å². The summed E-state index contributed by atoms with van der Waals surface area (Å²) in [6, 6.07) is 0.398. The first-order chi connectivity index (χ1) is 7.70. The van der Waals surface area contributed by atoms with Crippen molar-refractivity contribution < 1.29 is 4.74 Å². The molecule has 3 atom stereocenters. The second-order valence-corrected chi connectivity index (χ2v) is 5.49. The van der Waals surface area contributed by atoms with Crippen LogP contribution in [0.25, 0.3) is 0 Å². The van der Waals surface area contributed by atoms with Crippen molar-refractivity contribution >= 4 is 11.3 Å². The molecular formula is C12H20N2OS. The average molecular weight is 240 g/mol. The van der Waals surface area contributed by atoms with Crippen LogP contribution in [0.1, 0.15) is 55.6 Å². The maximum absolute atomic E-state index is 5.83. The smallest absolute Gasteiger partial charge is 0.122 e. The molecule has 0 aliphatic carbocycles. The van der Waals surface area contributed by atoms with Gasteiger partial charge < -0.3 is 10.1 Å². The topological polar surface area (TPSA) is 34.2 Å². The highest BCUT2D eigenvalue weighted by Crippen LogP contribution is 2.35. The Morgan fingerprint density at radius 1 is 1.62 bits per heavy atom. The van der Waals surface area contributed by atoms with Gasteiger partial charge in [0.1, 0.15) is 11.1 Å². The van der Waals surface area contributed by atoms with Crippen LogP contribution in [0, 0.1) is 0 Å². The first-order valence-electron chi connectivity index (χ1n) is 6.05. The van der Waals surface area contributed by atoms with E-state index in [1.54, 1.807) is 11.3 Å². The Labute approximate surface area is 101 Å². The van der Waals surface area contributed by atoms with Crippen molar-refractivity contribution in [2.45, 2.75) is 51.9 Å². The third kappa shape index (κ3) is 2.62. The molecule has 1 aromatic heterocycles. The molecule has 3 unspecified atom stereocenters. The average Bonchev–Trinajstić information content (AvgIpc) is 2.85. The van der Waals surface area contributed by atoms with Crippen LogP contribution in [0.15, 0.2) is 6.20 Å². The van der Waals surface area contributed by atoms with Gasteiger partial charge in [0.15, 0.2) is 0 Å². The Hall–Kier alpha value is -0.450. The molecule has 2 rings (SSSR count). The SMILES string of the molecule is CCNC(C)c1cnc(C2CCC(C)O2)s1. The molecule has 1 aliphatic rings. The van der Waals surface area contributed by atoms with E-state index in [4.69, 9.17) is 4.74 Å². The summed E-state index contributed by atoms with van der Waals surface area (Å²) in [7, 11) is 0. The molecule has 1 aromatic rings. The molecular weight excluding hydrogens is 220 g/mol. The highest BCUT2D eigenvalue weighted by atomic mass is 32.1. The van der Waals surface area contributed by atoms with Crippen molar-refractivity contribution in [1.29, 1.82) is 0 Å². The fraction of sp³-hybridized carbons (Fsp3) is 0.750. The Balaban J connectivity index is 2.01. The normalized spacial score (nSPS) is 27.2. The molecule has 0 amide bonds. The number of hydrogen-bond donors (Lipinski definition) is 1. The van der Waals surface area contributed by atoms with Gasteiger partial charge in [-0.25, -0.2) is 4.98 Å². The molecule has 4 heteroatoms. The fourth-order valence-corrected chi connectivity index (χ4v) is 3.06. The lowest BCUT2D eigenvalue weighted by Gasteiger charge is -2.09. The zero-order valence-corrected chi connectivity index (χ0v) is 11.0. The van der Waals surface area contributed by atoms with Gasteiger partial charge in [0.05, 0.1) is 6.10 Å². The van der Waals surface area contributed by atoms with E-state index < -0.39 is 0 Å². The summed E-state index contributed by atoms with van der Waals surface area (Å²) in [5.74, 6) is 0.